The van der Waals surface area contributed by atoms with Crippen molar-refractivity contribution in [3.05, 3.63) is 6.20 Å². The Balaban J connectivity index is 1.40. The van der Waals surface area contributed by atoms with Crippen molar-refractivity contribution in [1.82, 2.24) is 29.4 Å². The lowest BCUT2D eigenvalue weighted by molar-refractivity contribution is -0.126. The first-order valence-electron chi connectivity index (χ1n) is 11.3. The van der Waals surface area contributed by atoms with E-state index in [0.29, 0.717) is 52.2 Å². The number of fused-ring (bicyclic) bond motifs is 1. The van der Waals surface area contributed by atoms with E-state index < -0.39 is 10.0 Å². The molecular formula is C20H31N7O4S2. The first kappa shape index (κ1) is 24.2. The highest BCUT2D eigenvalue weighted by molar-refractivity contribution is 7.99. The van der Waals surface area contributed by atoms with Crippen molar-refractivity contribution in [1.29, 1.82) is 0 Å². The number of piperidine rings is 1. The van der Waals surface area contributed by atoms with Gasteiger partial charge in [-0.15, -0.1) is 0 Å². The summed E-state index contributed by atoms with van der Waals surface area (Å²) in [6, 6.07) is 0. The number of aromatic nitrogens is 4. The number of anilines is 1. The maximum atomic E-state index is 12.6. The number of nitrogens with one attached hydrogen (secondary N) is 1. The van der Waals surface area contributed by atoms with Crippen molar-refractivity contribution in [3.63, 3.8) is 0 Å². The fraction of sp³-hybridized carbons (Fsp3) is 0.700. The molecule has 0 spiro atoms. The van der Waals surface area contributed by atoms with Gasteiger partial charge in [0.05, 0.1) is 37.6 Å². The van der Waals surface area contributed by atoms with Crippen LogP contribution in [0, 0.1) is 5.92 Å². The number of morpholine rings is 1. The van der Waals surface area contributed by atoms with Crippen molar-refractivity contribution in [3.8, 4) is 0 Å². The summed E-state index contributed by atoms with van der Waals surface area (Å²) in [5.74, 6) is 1.55. The number of hydrogen-bond acceptors (Lipinski definition) is 9. The summed E-state index contributed by atoms with van der Waals surface area (Å²) in [6.45, 7) is 6.67. The molecule has 11 nitrogen and oxygen atoms in total. The van der Waals surface area contributed by atoms with E-state index in [1.807, 2.05) is 4.68 Å². The van der Waals surface area contributed by atoms with Gasteiger partial charge in [0.2, 0.25) is 15.9 Å². The quantitative estimate of drug-likeness (QED) is 0.412. The van der Waals surface area contributed by atoms with E-state index in [1.165, 1.54) is 10.6 Å². The van der Waals surface area contributed by atoms with Crippen LogP contribution in [0.2, 0.25) is 0 Å². The lowest BCUT2D eigenvalue weighted by Gasteiger charge is -2.29. The molecule has 0 atom stereocenters. The predicted molar refractivity (Wildman–Crippen MR) is 127 cm³/mol. The fourth-order valence-electron chi connectivity index (χ4n) is 4.17. The van der Waals surface area contributed by atoms with Crippen LogP contribution in [0.3, 0.4) is 0 Å². The Morgan fingerprint density at radius 1 is 1.21 bits per heavy atom. The van der Waals surface area contributed by atoms with Crippen LogP contribution in [0.5, 0.6) is 0 Å². The standard InChI is InChI=1S/C20H31N7O4S2/c1-3-32-20-23-17(25-10-12-31-13-11-25)16-14-22-27(18(16)24-20)9-6-21-19(28)15-4-7-26(8-5-15)33(2,29)30/h14-15H,3-13H2,1-2H3,(H,21,28). The van der Waals surface area contributed by atoms with Crippen molar-refractivity contribution < 1.29 is 17.9 Å². The molecule has 0 saturated carbocycles. The Bertz CT molecular complexity index is 1080. The highest BCUT2D eigenvalue weighted by atomic mass is 32.2. The molecule has 182 valence electrons. The SMILES string of the molecule is CCSc1nc(N2CCOCC2)c2cnn(CCNC(=O)C3CCN(S(C)(=O)=O)CC3)c2n1. The molecule has 13 heteroatoms. The third kappa shape index (κ3) is 5.76. The van der Waals surface area contributed by atoms with Crippen LogP contribution in [-0.4, -0.2) is 96.3 Å². The average Bonchev–Trinajstić information content (AvgIpc) is 3.21. The molecule has 0 unspecified atom stereocenters. The number of ether oxygens (including phenoxy) is 1. The zero-order chi connectivity index (χ0) is 23.4. The van der Waals surface area contributed by atoms with Crippen LogP contribution >= 0.6 is 11.8 Å². The molecule has 0 radical (unpaired) electrons. The van der Waals surface area contributed by atoms with Gasteiger partial charge in [0.15, 0.2) is 10.8 Å². The Kier molecular flexibility index (Phi) is 7.72. The van der Waals surface area contributed by atoms with Gasteiger partial charge in [0, 0.05) is 38.6 Å². The molecule has 0 aliphatic carbocycles. The minimum atomic E-state index is -3.20. The second kappa shape index (κ2) is 10.5. The molecule has 0 aromatic carbocycles. The smallest absolute Gasteiger partial charge is 0.223 e. The first-order chi connectivity index (χ1) is 15.9. The van der Waals surface area contributed by atoms with Gasteiger partial charge in [0.25, 0.3) is 0 Å². The van der Waals surface area contributed by atoms with E-state index in [-0.39, 0.29) is 11.8 Å². The Labute approximate surface area is 198 Å². The minimum Gasteiger partial charge on any atom is -0.378 e. The van der Waals surface area contributed by atoms with Gasteiger partial charge in [0.1, 0.15) is 5.82 Å². The zero-order valence-corrected chi connectivity index (χ0v) is 20.7. The summed E-state index contributed by atoms with van der Waals surface area (Å²) in [6.07, 6.45) is 4.08. The minimum absolute atomic E-state index is 0.0366. The molecule has 1 amide bonds. The molecule has 2 fully saturated rings. The van der Waals surface area contributed by atoms with Gasteiger partial charge in [-0.2, -0.15) is 5.10 Å². The first-order valence-corrected chi connectivity index (χ1v) is 14.1. The normalized spacial score (nSPS) is 18.7. The van der Waals surface area contributed by atoms with Crippen LogP contribution in [0.4, 0.5) is 5.82 Å². The van der Waals surface area contributed by atoms with E-state index >= 15 is 0 Å². The predicted octanol–water partition coefficient (Wildman–Crippen LogP) is 0.563. The van der Waals surface area contributed by atoms with Crippen molar-refractivity contribution in [2.24, 2.45) is 5.92 Å². The number of sulfonamides is 1. The summed E-state index contributed by atoms with van der Waals surface area (Å²) in [5, 5.41) is 9.12. The summed E-state index contributed by atoms with van der Waals surface area (Å²) in [7, 11) is -3.20. The zero-order valence-electron chi connectivity index (χ0n) is 19.1. The van der Waals surface area contributed by atoms with E-state index in [4.69, 9.17) is 14.7 Å². The highest BCUT2D eigenvalue weighted by Gasteiger charge is 2.28. The number of rotatable bonds is 8. The van der Waals surface area contributed by atoms with E-state index in [1.54, 1.807) is 18.0 Å². The molecule has 2 aliphatic rings. The maximum Gasteiger partial charge on any atom is 0.223 e. The molecule has 2 saturated heterocycles. The molecule has 0 bridgehead atoms. The molecule has 33 heavy (non-hydrogen) atoms. The summed E-state index contributed by atoms with van der Waals surface area (Å²) >= 11 is 1.59. The van der Waals surface area contributed by atoms with Gasteiger partial charge in [-0.3, -0.25) is 4.79 Å². The van der Waals surface area contributed by atoms with Crippen LogP contribution < -0.4 is 10.2 Å². The Morgan fingerprint density at radius 2 is 1.94 bits per heavy atom. The van der Waals surface area contributed by atoms with E-state index in [9.17, 15) is 13.2 Å². The fourth-order valence-corrected chi connectivity index (χ4v) is 5.61. The molecule has 1 N–H and O–H groups in total. The average molecular weight is 498 g/mol. The second-order valence-electron chi connectivity index (χ2n) is 8.19. The third-order valence-electron chi connectivity index (χ3n) is 5.96. The van der Waals surface area contributed by atoms with Gasteiger partial charge in [-0.05, 0) is 18.6 Å². The molecule has 2 aliphatic heterocycles. The molecule has 4 rings (SSSR count). The summed E-state index contributed by atoms with van der Waals surface area (Å²) in [4.78, 5) is 24.3. The Hall–Kier alpha value is -1.96. The Morgan fingerprint density at radius 3 is 2.61 bits per heavy atom. The van der Waals surface area contributed by atoms with E-state index in [0.717, 1.165) is 40.9 Å². The van der Waals surface area contributed by atoms with Crippen LogP contribution in [0.15, 0.2) is 11.4 Å². The van der Waals surface area contributed by atoms with Crippen LogP contribution in [0.25, 0.3) is 11.0 Å². The topological polar surface area (TPSA) is 123 Å². The number of nitrogens with zero attached hydrogens (tertiary/aromatic N) is 6. The van der Waals surface area contributed by atoms with Gasteiger partial charge < -0.3 is 15.0 Å². The summed E-state index contributed by atoms with van der Waals surface area (Å²) < 4.78 is 32.0. The number of carbonyl (C=O) groups is 1. The van der Waals surface area contributed by atoms with Crippen molar-refractivity contribution in [2.45, 2.75) is 31.5 Å². The number of amides is 1. The number of thioether (sulfide) groups is 1. The highest BCUT2D eigenvalue weighted by Crippen LogP contribution is 2.27. The lowest BCUT2D eigenvalue weighted by Crippen LogP contribution is -2.43. The van der Waals surface area contributed by atoms with Crippen molar-refractivity contribution >= 4 is 44.5 Å². The lowest BCUT2D eigenvalue weighted by atomic mass is 9.97. The number of hydrogen-bond donors (Lipinski definition) is 1. The largest absolute Gasteiger partial charge is 0.378 e. The third-order valence-corrected chi connectivity index (χ3v) is 7.99. The molecule has 4 heterocycles. The van der Waals surface area contributed by atoms with E-state index in [2.05, 4.69) is 22.2 Å². The van der Waals surface area contributed by atoms with Gasteiger partial charge in [-0.25, -0.2) is 27.4 Å². The van der Waals surface area contributed by atoms with Crippen molar-refractivity contribution in [2.75, 3.05) is 62.8 Å². The second-order valence-corrected chi connectivity index (χ2v) is 11.4. The maximum absolute atomic E-state index is 12.6. The molecular weight excluding hydrogens is 466 g/mol. The molecule has 2 aromatic rings. The summed E-state index contributed by atoms with van der Waals surface area (Å²) in [5.41, 5.74) is 0.762. The van der Waals surface area contributed by atoms with Gasteiger partial charge >= 0.3 is 0 Å². The number of carbonyl (C=O) groups excluding carboxylic acids is 1. The van der Waals surface area contributed by atoms with Crippen LogP contribution in [-0.2, 0) is 26.1 Å². The monoisotopic (exact) mass is 497 g/mol. The van der Waals surface area contributed by atoms with Gasteiger partial charge in [-0.1, -0.05) is 18.7 Å². The molecule has 2 aromatic heterocycles. The van der Waals surface area contributed by atoms with Crippen LogP contribution in [0.1, 0.15) is 19.8 Å².